The second-order valence-electron chi connectivity index (χ2n) is 6.56. The number of hydrogen-bond donors (Lipinski definition) is 0. The second kappa shape index (κ2) is 3.76. The molecule has 1 heterocycles. The largest absolute Gasteiger partial charge is 0.303 e. The molecule has 2 aliphatic carbocycles. The molecule has 5 atom stereocenters. The highest BCUT2D eigenvalue weighted by molar-refractivity contribution is 4.92. The fraction of sp³-hybridized carbons (Fsp3) is 1.00. The van der Waals surface area contributed by atoms with Crippen molar-refractivity contribution in [2.45, 2.75) is 51.5 Å². The molecule has 0 N–H and O–H groups in total. The summed E-state index contributed by atoms with van der Waals surface area (Å²) >= 11 is 0. The van der Waals surface area contributed by atoms with Crippen molar-refractivity contribution in [1.29, 1.82) is 0 Å². The molecular formula is C14H25N. The third-order valence-electron chi connectivity index (χ3n) is 5.49. The first-order valence-electron chi connectivity index (χ1n) is 6.92. The number of rotatable bonds is 2. The molecule has 4 unspecified atom stereocenters. The lowest BCUT2D eigenvalue weighted by atomic mass is 9.81. The molecule has 0 amide bonds. The molecule has 0 aromatic rings. The van der Waals surface area contributed by atoms with Crippen LogP contribution in [-0.4, -0.2) is 24.5 Å². The smallest absolute Gasteiger partial charge is 0.00671 e. The zero-order valence-electron chi connectivity index (χ0n) is 10.3. The Hall–Kier alpha value is -0.0400. The molecule has 2 bridgehead atoms. The summed E-state index contributed by atoms with van der Waals surface area (Å²) in [4.78, 5) is 2.55. The summed E-state index contributed by atoms with van der Waals surface area (Å²) in [5, 5.41) is 0. The van der Waals surface area contributed by atoms with Gasteiger partial charge in [-0.25, -0.2) is 0 Å². The van der Waals surface area contributed by atoms with Gasteiger partial charge in [0.15, 0.2) is 0 Å². The molecule has 1 heteroatoms. The van der Waals surface area contributed by atoms with Gasteiger partial charge < -0.3 is 4.90 Å². The Kier molecular flexibility index (Phi) is 2.54. The quantitative estimate of drug-likeness (QED) is 0.672. The summed E-state index contributed by atoms with van der Waals surface area (Å²) in [6.45, 7) is 3.76. The van der Waals surface area contributed by atoms with E-state index in [-0.39, 0.29) is 0 Å². The SMILES string of the molecule is CC1CC(CC2CC3CC[C@H]2C3)CN1C. The normalized spacial score (nSPS) is 50.4. The summed E-state index contributed by atoms with van der Waals surface area (Å²) in [6.07, 6.45) is 9.30. The van der Waals surface area contributed by atoms with E-state index in [0.29, 0.717) is 0 Å². The molecule has 0 spiro atoms. The van der Waals surface area contributed by atoms with Crippen molar-refractivity contribution in [2.75, 3.05) is 13.6 Å². The molecular weight excluding hydrogens is 182 g/mol. The van der Waals surface area contributed by atoms with Crippen LogP contribution in [0.3, 0.4) is 0 Å². The van der Waals surface area contributed by atoms with Crippen molar-refractivity contribution >= 4 is 0 Å². The minimum absolute atomic E-state index is 0.841. The van der Waals surface area contributed by atoms with Gasteiger partial charge in [-0.15, -0.1) is 0 Å². The highest BCUT2D eigenvalue weighted by Crippen LogP contribution is 2.51. The Morgan fingerprint density at radius 1 is 1.13 bits per heavy atom. The molecule has 3 aliphatic rings. The summed E-state index contributed by atoms with van der Waals surface area (Å²) in [5.41, 5.74) is 0. The van der Waals surface area contributed by atoms with Gasteiger partial charge in [-0.1, -0.05) is 6.42 Å². The van der Waals surface area contributed by atoms with Crippen molar-refractivity contribution in [3.8, 4) is 0 Å². The minimum Gasteiger partial charge on any atom is -0.303 e. The zero-order valence-corrected chi connectivity index (χ0v) is 10.3. The van der Waals surface area contributed by atoms with Crippen LogP contribution in [0.15, 0.2) is 0 Å². The van der Waals surface area contributed by atoms with Crippen molar-refractivity contribution < 1.29 is 0 Å². The number of nitrogens with zero attached hydrogens (tertiary/aromatic N) is 1. The summed E-state index contributed by atoms with van der Waals surface area (Å²) in [7, 11) is 2.30. The van der Waals surface area contributed by atoms with Crippen LogP contribution in [0.25, 0.3) is 0 Å². The van der Waals surface area contributed by atoms with Crippen LogP contribution < -0.4 is 0 Å². The van der Waals surface area contributed by atoms with E-state index in [1.807, 2.05) is 0 Å². The van der Waals surface area contributed by atoms with E-state index < -0.39 is 0 Å². The Morgan fingerprint density at radius 2 is 2.00 bits per heavy atom. The van der Waals surface area contributed by atoms with Gasteiger partial charge in [0.1, 0.15) is 0 Å². The average molecular weight is 207 g/mol. The summed E-state index contributed by atoms with van der Waals surface area (Å²) < 4.78 is 0. The summed E-state index contributed by atoms with van der Waals surface area (Å²) in [6, 6.07) is 0.841. The lowest BCUT2D eigenvalue weighted by molar-refractivity contribution is 0.264. The van der Waals surface area contributed by atoms with E-state index in [2.05, 4.69) is 18.9 Å². The van der Waals surface area contributed by atoms with Crippen LogP contribution in [0, 0.1) is 23.7 Å². The van der Waals surface area contributed by atoms with Crippen LogP contribution in [0.2, 0.25) is 0 Å². The van der Waals surface area contributed by atoms with Gasteiger partial charge in [0, 0.05) is 12.6 Å². The Balaban J connectivity index is 1.54. The van der Waals surface area contributed by atoms with E-state index in [1.165, 1.54) is 13.0 Å². The molecule has 1 nitrogen and oxygen atoms in total. The molecule has 86 valence electrons. The first-order chi connectivity index (χ1) is 7.22. The lowest BCUT2D eigenvalue weighted by Gasteiger charge is -2.24. The Bertz CT molecular complexity index is 227. The van der Waals surface area contributed by atoms with Gasteiger partial charge in [0.25, 0.3) is 0 Å². The van der Waals surface area contributed by atoms with E-state index >= 15 is 0 Å². The second-order valence-corrected chi connectivity index (χ2v) is 6.56. The first kappa shape index (κ1) is 10.1. The monoisotopic (exact) mass is 207 g/mol. The van der Waals surface area contributed by atoms with Crippen LogP contribution >= 0.6 is 0 Å². The summed E-state index contributed by atoms with van der Waals surface area (Å²) in [5.74, 6) is 4.41. The average Bonchev–Trinajstić information content (AvgIpc) is 2.84. The van der Waals surface area contributed by atoms with Crippen LogP contribution in [0.4, 0.5) is 0 Å². The molecule has 3 rings (SSSR count). The van der Waals surface area contributed by atoms with Crippen molar-refractivity contribution in [3.63, 3.8) is 0 Å². The van der Waals surface area contributed by atoms with Gasteiger partial charge in [-0.2, -0.15) is 0 Å². The van der Waals surface area contributed by atoms with E-state index in [4.69, 9.17) is 0 Å². The molecule has 3 fully saturated rings. The van der Waals surface area contributed by atoms with E-state index in [9.17, 15) is 0 Å². The minimum atomic E-state index is 0.841. The fourth-order valence-electron chi connectivity index (χ4n) is 4.59. The standard InChI is InChI=1S/C14H25N/c1-10-5-12(9-15(10)2)8-14-7-11-3-4-13(14)6-11/h10-14H,3-9H2,1-2H3/t10?,11?,12?,13-,14?/m0/s1. The molecule has 0 aromatic carbocycles. The van der Waals surface area contributed by atoms with Crippen molar-refractivity contribution in [3.05, 3.63) is 0 Å². The predicted octanol–water partition coefficient (Wildman–Crippen LogP) is 3.15. The van der Waals surface area contributed by atoms with Gasteiger partial charge in [-0.05, 0) is 69.7 Å². The van der Waals surface area contributed by atoms with Crippen molar-refractivity contribution in [1.82, 2.24) is 4.90 Å². The molecule has 0 radical (unpaired) electrons. The molecule has 1 saturated heterocycles. The Morgan fingerprint density at radius 3 is 2.53 bits per heavy atom. The fourth-order valence-corrected chi connectivity index (χ4v) is 4.59. The van der Waals surface area contributed by atoms with E-state index in [0.717, 1.165) is 29.7 Å². The number of likely N-dealkylation sites (tertiary alicyclic amines) is 1. The maximum Gasteiger partial charge on any atom is 0.00671 e. The van der Waals surface area contributed by atoms with E-state index in [1.54, 1.807) is 32.1 Å². The van der Waals surface area contributed by atoms with Gasteiger partial charge in [0.05, 0.1) is 0 Å². The maximum atomic E-state index is 2.55. The van der Waals surface area contributed by atoms with Crippen LogP contribution in [0.5, 0.6) is 0 Å². The number of hydrogen-bond acceptors (Lipinski definition) is 1. The van der Waals surface area contributed by atoms with Crippen LogP contribution in [-0.2, 0) is 0 Å². The van der Waals surface area contributed by atoms with Crippen molar-refractivity contribution in [2.24, 2.45) is 23.7 Å². The highest BCUT2D eigenvalue weighted by atomic mass is 15.1. The predicted molar refractivity (Wildman–Crippen MR) is 63.8 cm³/mol. The highest BCUT2D eigenvalue weighted by Gasteiger charge is 2.41. The zero-order chi connectivity index (χ0) is 10.4. The third-order valence-corrected chi connectivity index (χ3v) is 5.49. The van der Waals surface area contributed by atoms with Gasteiger partial charge in [0.2, 0.25) is 0 Å². The molecule has 15 heavy (non-hydrogen) atoms. The topological polar surface area (TPSA) is 3.24 Å². The maximum absolute atomic E-state index is 2.55. The molecule has 0 aromatic heterocycles. The van der Waals surface area contributed by atoms with Crippen LogP contribution in [0.1, 0.15) is 45.4 Å². The number of fused-ring (bicyclic) bond motifs is 2. The third kappa shape index (κ3) is 1.84. The van der Waals surface area contributed by atoms with Gasteiger partial charge in [-0.3, -0.25) is 0 Å². The molecule has 1 aliphatic heterocycles. The first-order valence-corrected chi connectivity index (χ1v) is 6.92. The van der Waals surface area contributed by atoms with Gasteiger partial charge >= 0.3 is 0 Å². The Labute approximate surface area is 94.2 Å². The lowest BCUT2D eigenvalue weighted by Crippen LogP contribution is -2.22. The molecule has 2 saturated carbocycles.